The smallest absolute Gasteiger partial charge is 0.306 e. The number of rotatable bonds is 53. The summed E-state index contributed by atoms with van der Waals surface area (Å²) >= 11 is 0. The molecule has 0 aliphatic carbocycles. The maximum absolute atomic E-state index is 12.8. The molecule has 0 radical (unpaired) electrons. The van der Waals surface area contributed by atoms with Crippen molar-refractivity contribution in [2.75, 3.05) is 13.2 Å². The van der Waals surface area contributed by atoms with Gasteiger partial charge < -0.3 is 14.2 Å². The van der Waals surface area contributed by atoms with Crippen LogP contribution >= 0.6 is 0 Å². The predicted octanol–water partition coefficient (Wildman–Crippen LogP) is 19.3. The first-order chi connectivity index (χ1) is 31.8. The number of carbonyl (C=O) groups is 3. The van der Waals surface area contributed by atoms with Crippen molar-refractivity contribution in [2.24, 2.45) is 11.8 Å². The van der Waals surface area contributed by atoms with Crippen LogP contribution in [0, 0.1) is 11.8 Å². The quantitative estimate of drug-likeness (QED) is 0.0344. The number of hydrogen-bond donors (Lipinski definition) is 0. The fourth-order valence-electron chi connectivity index (χ4n) is 9.02. The van der Waals surface area contributed by atoms with Crippen molar-refractivity contribution in [3.8, 4) is 0 Å². The molecule has 6 heteroatoms. The second-order valence-electron chi connectivity index (χ2n) is 21.0. The van der Waals surface area contributed by atoms with E-state index < -0.39 is 6.10 Å². The van der Waals surface area contributed by atoms with Crippen molar-refractivity contribution in [1.29, 1.82) is 0 Å². The Labute approximate surface area is 406 Å². The van der Waals surface area contributed by atoms with Crippen molar-refractivity contribution in [2.45, 2.75) is 336 Å². The Balaban J connectivity index is 4.24. The lowest BCUT2D eigenvalue weighted by Gasteiger charge is -2.18. The van der Waals surface area contributed by atoms with Gasteiger partial charge >= 0.3 is 17.9 Å². The molecular weight excluding hydrogens is 805 g/mol. The second kappa shape index (κ2) is 51.8. The first-order valence-corrected chi connectivity index (χ1v) is 29.3. The summed E-state index contributed by atoms with van der Waals surface area (Å²) in [5.41, 5.74) is 0. The number of carbonyl (C=O) groups excluding carboxylic acids is 3. The normalized spacial score (nSPS) is 12.5. The van der Waals surface area contributed by atoms with Crippen molar-refractivity contribution < 1.29 is 28.6 Å². The van der Waals surface area contributed by atoms with Gasteiger partial charge in [0.25, 0.3) is 0 Å². The van der Waals surface area contributed by atoms with E-state index in [9.17, 15) is 14.4 Å². The lowest BCUT2D eigenvalue weighted by Crippen LogP contribution is -2.30. The molecular formula is C59H114O6. The van der Waals surface area contributed by atoms with Gasteiger partial charge in [0.2, 0.25) is 0 Å². The first-order valence-electron chi connectivity index (χ1n) is 29.3. The minimum Gasteiger partial charge on any atom is -0.462 e. The Morgan fingerprint density at radius 1 is 0.323 bits per heavy atom. The molecule has 0 aromatic rings. The molecule has 6 nitrogen and oxygen atoms in total. The summed E-state index contributed by atoms with van der Waals surface area (Å²) in [4.78, 5) is 38.1. The zero-order valence-corrected chi connectivity index (χ0v) is 44.6. The molecule has 2 atom stereocenters. The lowest BCUT2D eigenvalue weighted by atomic mass is 10.00. The topological polar surface area (TPSA) is 78.9 Å². The minimum absolute atomic E-state index is 0.0635. The fraction of sp³-hybridized carbons (Fsp3) is 0.949. The molecule has 0 saturated heterocycles. The van der Waals surface area contributed by atoms with Crippen LogP contribution in [0.4, 0.5) is 0 Å². The third-order valence-corrected chi connectivity index (χ3v) is 13.8. The minimum atomic E-state index is -0.763. The average Bonchev–Trinajstić information content (AvgIpc) is 3.29. The van der Waals surface area contributed by atoms with Gasteiger partial charge in [-0.05, 0) is 31.1 Å². The number of unbranched alkanes of at least 4 members (excludes halogenated alkanes) is 37. The van der Waals surface area contributed by atoms with E-state index in [-0.39, 0.29) is 31.1 Å². The Bertz CT molecular complexity index is 995. The summed E-state index contributed by atoms with van der Waals surface area (Å²) in [6.45, 7) is 11.4. The monoisotopic (exact) mass is 919 g/mol. The van der Waals surface area contributed by atoms with Gasteiger partial charge in [-0.1, -0.05) is 291 Å². The number of ether oxygens (including phenoxy) is 3. The van der Waals surface area contributed by atoms with Crippen LogP contribution in [0.25, 0.3) is 0 Å². The number of hydrogen-bond acceptors (Lipinski definition) is 6. The van der Waals surface area contributed by atoms with Gasteiger partial charge in [-0.3, -0.25) is 14.4 Å². The average molecular weight is 920 g/mol. The molecule has 0 aromatic carbocycles. The fourth-order valence-corrected chi connectivity index (χ4v) is 9.02. The van der Waals surface area contributed by atoms with Gasteiger partial charge in [-0.25, -0.2) is 0 Å². The van der Waals surface area contributed by atoms with Crippen LogP contribution in [-0.4, -0.2) is 37.2 Å². The van der Waals surface area contributed by atoms with E-state index in [1.54, 1.807) is 0 Å². The second-order valence-corrected chi connectivity index (χ2v) is 21.0. The van der Waals surface area contributed by atoms with Crippen molar-refractivity contribution in [3.05, 3.63) is 0 Å². The Morgan fingerprint density at radius 3 is 0.877 bits per heavy atom. The van der Waals surface area contributed by atoms with Gasteiger partial charge in [-0.2, -0.15) is 0 Å². The maximum atomic E-state index is 12.8. The molecule has 0 spiro atoms. The summed E-state index contributed by atoms with van der Waals surface area (Å²) in [6.07, 6.45) is 55.3. The predicted molar refractivity (Wildman–Crippen MR) is 280 cm³/mol. The lowest BCUT2D eigenvalue weighted by molar-refractivity contribution is -0.167. The van der Waals surface area contributed by atoms with Crippen molar-refractivity contribution >= 4 is 17.9 Å². The standard InChI is InChI=1S/C59H114O6/c1-6-8-9-10-11-12-13-14-15-16-17-18-21-25-28-31-34-41-46-51-59(62)65-56(53-64-58(61)50-45-40-36-35-38-43-48-55(5)7-2)52-63-57(60)49-44-39-33-30-27-24-22-19-20-23-26-29-32-37-42-47-54(3)4/h54-56H,6-53H2,1-5H3/t55?,56-/m0/s1. The molecule has 0 rings (SSSR count). The summed E-state index contributed by atoms with van der Waals surface area (Å²) in [5.74, 6) is 0.820. The van der Waals surface area contributed by atoms with Crippen molar-refractivity contribution in [1.82, 2.24) is 0 Å². The molecule has 0 aliphatic heterocycles. The summed E-state index contributed by atoms with van der Waals surface area (Å²) < 4.78 is 16.9. The van der Waals surface area contributed by atoms with Gasteiger partial charge in [0.1, 0.15) is 13.2 Å². The Kier molecular flexibility index (Phi) is 50.5. The van der Waals surface area contributed by atoms with Crippen LogP contribution in [0.15, 0.2) is 0 Å². The van der Waals surface area contributed by atoms with Crippen LogP contribution in [0.2, 0.25) is 0 Å². The van der Waals surface area contributed by atoms with Gasteiger partial charge in [0.05, 0.1) is 0 Å². The first kappa shape index (κ1) is 63.4. The Morgan fingerprint density at radius 2 is 0.585 bits per heavy atom. The molecule has 0 bridgehead atoms. The molecule has 0 heterocycles. The summed E-state index contributed by atoms with van der Waals surface area (Å²) in [6, 6.07) is 0. The highest BCUT2D eigenvalue weighted by atomic mass is 16.6. The van der Waals surface area contributed by atoms with E-state index in [0.717, 1.165) is 69.6 Å². The van der Waals surface area contributed by atoms with Crippen LogP contribution in [0.3, 0.4) is 0 Å². The zero-order valence-electron chi connectivity index (χ0n) is 44.6. The third kappa shape index (κ3) is 51.6. The SMILES string of the molecule is CCCCCCCCCCCCCCCCCCCCCC(=O)O[C@@H](COC(=O)CCCCCCCCCCCCCCCCCC(C)C)COC(=O)CCCCCCCCC(C)CC. The van der Waals surface area contributed by atoms with Gasteiger partial charge in [0, 0.05) is 19.3 Å². The Hall–Kier alpha value is -1.59. The molecule has 386 valence electrons. The van der Waals surface area contributed by atoms with Crippen LogP contribution in [0.5, 0.6) is 0 Å². The van der Waals surface area contributed by atoms with Gasteiger partial charge in [0.15, 0.2) is 6.10 Å². The molecule has 0 aliphatic rings. The maximum Gasteiger partial charge on any atom is 0.306 e. The molecule has 0 amide bonds. The highest BCUT2D eigenvalue weighted by Gasteiger charge is 2.19. The van der Waals surface area contributed by atoms with Gasteiger partial charge in [-0.15, -0.1) is 0 Å². The summed E-state index contributed by atoms with van der Waals surface area (Å²) in [5, 5.41) is 0. The van der Waals surface area contributed by atoms with Crippen LogP contribution in [-0.2, 0) is 28.6 Å². The molecule has 1 unspecified atom stereocenters. The molecule has 0 N–H and O–H groups in total. The van der Waals surface area contributed by atoms with E-state index in [0.29, 0.717) is 19.3 Å². The van der Waals surface area contributed by atoms with E-state index in [1.165, 1.54) is 218 Å². The van der Waals surface area contributed by atoms with Crippen LogP contribution in [0.1, 0.15) is 330 Å². The molecule has 0 fully saturated rings. The largest absolute Gasteiger partial charge is 0.462 e. The number of esters is 3. The highest BCUT2D eigenvalue weighted by molar-refractivity contribution is 5.71. The molecule has 65 heavy (non-hydrogen) atoms. The summed E-state index contributed by atoms with van der Waals surface area (Å²) in [7, 11) is 0. The molecule has 0 saturated carbocycles. The van der Waals surface area contributed by atoms with E-state index in [2.05, 4.69) is 34.6 Å². The van der Waals surface area contributed by atoms with E-state index in [1.807, 2.05) is 0 Å². The molecule has 0 aromatic heterocycles. The van der Waals surface area contributed by atoms with E-state index >= 15 is 0 Å². The zero-order chi connectivity index (χ0) is 47.5. The van der Waals surface area contributed by atoms with E-state index in [4.69, 9.17) is 14.2 Å². The highest BCUT2D eigenvalue weighted by Crippen LogP contribution is 2.19. The van der Waals surface area contributed by atoms with Crippen molar-refractivity contribution in [3.63, 3.8) is 0 Å². The third-order valence-electron chi connectivity index (χ3n) is 13.8. The van der Waals surface area contributed by atoms with Crippen LogP contribution < -0.4 is 0 Å².